The van der Waals surface area contributed by atoms with Crippen molar-refractivity contribution in [3.05, 3.63) is 47.0 Å². The van der Waals surface area contributed by atoms with Crippen molar-refractivity contribution in [2.75, 3.05) is 14.2 Å². The molecule has 3 aromatic rings. The van der Waals surface area contributed by atoms with Crippen LogP contribution in [-0.2, 0) is 6.42 Å². The Hall–Kier alpha value is -2.92. The van der Waals surface area contributed by atoms with Crippen LogP contribution in [0.1, 0.15) is 36.6 Å². The standard InChI is InChI=1S/C24H27NO4/c1-12-9-19(28-4)23-15(7-6-8-17(23)26)21(12)24-16-10-13(2)25-14(3)22(16)20(29-5)11-18(24)27/h6-9,11,13-14,25-27H,10H2,1-5H3/t13-,14-/m0/s1. The molecule has 152 valence electrons. The molecule has 0 aliphatic carbocycles. The summed E-state index contributed by atoms with van der Waals surface area (Å²) < 4.78 is 11.1. The number of aromatic hydroxyl groups is 2. The molecule has 0 radical (unpaired) electrons. The van der Waals surface area contributed by atoms with Gasteiger partial charge < -0.3 is 25.0 Å². The lowest BCUT2D eigenvalue weighted by atomic mass is 9.81. The highest BCUT2D eigenvalue weighted by Crippen LogP contribution is 2.49. The maximum atomic E-state index is 11.1. The zero-order chi connectivity index (χ0) is 20.9. The molecule has 1 aliphatic heterocycles. The van der Waals surface area contributed by atoms with Crippen molar-refractivity contribution >= 4 is 10.8 Å². The molecule has 0 spiro atoms. The third-order valence-electron chi connectivity index (χ3n) is 5.88. The molecular formula is C24H27NO4. The third kappa shape index (κ3) is 2.97. The van der Waals surface area contributed by atoms with E-state index >= 15 is 0 Å². The van der Waals surface area contributed by atoms with Gasteiger partial charge in [0, 0.05) is 29.3 Å². The Labute approximate surface area is 170 Å². The Bertz CT molecular complexity index is 1110. The first-order chi connectivity index (χ1) is 13.9. The molecule has 0 fully saturated rings. The monoisotopic (exact) mass is 393 g/mol. The fourth-order valence-electron chi connectivity index (χ4n) is 4.78. The highest BCUT2D eigenvalue weighted by atomic mass is 16.5. The molecule has 0 amide bonds. The average molecular weight is 393 g/mol. The van der Waals surface area contributed by atoms with E-state index in [4.69, 9.17) is 9.47 Å². The Kier molecular flexibility index (Phi) is 4.79. The molecule has 0 aromatic heterocycles. The van der Waals surface area contributed by atoms with E-state index in [1.54, 1.807) is 26.4 Å². The predicted molar refractivity (Wildman–Crippen MR) is 115 cm³/mol. The zero-order valence-corrected chi connectivity index (χ0v) is 17.5. The number of phenolic OH excluding ortho intramolecular Hbond substituents is 2. The first kappa shape index (κ1) is 19.4. The van der Waals surface area contributed by atoms with Crippen LogP contribution in [0.4, 0.5) is 0 Å². The van der Waals surface area contributed by atoms with Crippen molar-refractivity contribution in [2.45, 2.75) is 39.3 Å². The van der Waals surface area contributed by atoms with Gasteiger partial charge in [0.2, 0.25) is 0 Å². The molecular weight excluding hydrogens is 366 g/mol. The highest BCUT2D eigenvalue weighted by Gasteiger charge is 2.30. The lowest BCUT2D eigenvalue weighted by Crippen LogP contribution is -2.36. The maximum absolute atomic E-state index is 11.1. The number of rotatable bonds is 3. The highest BCUT2D eigenvalue weighted by molar-refractivity contribution is 6.06. The number of aryl methyl sites for hydroxylation is 1. The Morgan fingerprint density at radius 2 is 1.69 bits per heavy atom. The van der Waals surface area contributed by atoms with Crippen LogP contribution < -0.4 is 14.8 Å². The number of hydrogen-bond donors (Lipinski definition) is 3. The number of nitrogens with one attached hydrogen (secondary N) is 1. The number of fused-ring (bicyclic) bond motifs is 2. The summed E-state index contributed by atoms with van der Waals surface area (Å²) in [5.41, 5.74) is 4.84. The minimum absolute atomic E-state index is 0.0984. The van der Waals surface area contributed by atoms with Gasteiger partial charge >= 0.3 is 0 Å². The van der Waals surface area contributed by atoms with Crippen LogP contribution in [0.5, 0.6) is 23.0 Å². The van der Waals surface area contributed by atoms with Gasteiger partial charge in [-0.05, 0) is 61.4 Å². The van der Waals surface area contributed by atoms with Crippen molar-refractivity contribution in [1.82, 2.24) is 5.32 Å². The lowest BCUT2D eigenvalue weighted by Gasteiger charge is -2.33. The normalized spacial score (nSPS) is 18.5. The Morgan fingerprint density at radius 1 is 0.966 bits per heavy atom. The van der Waals surface area contributed by atoms with E-state index in [0.717, 1.165) is 39.6 Å². The number of methoxy groups -OCH3 is 2. The maximum Gasteiger partial charge on any atom is 0.130 e. The van der Waals surface area contributed by atoms with Crippen LogP contribution in [0.15, 0.2) is 30.3 Å². The largest absolute Gasteiger partial charge is 0.507 e. The van der Waals surface area contributed by atoms with Gasteiger partial charge in [0.1, 0.15) is 23.0 Å². The van der Waals surface area contributed by atoms with E-state index in [0.29, 0.717) is 16.9 Å². The second kappa shape index (κ2) is 7.16. The van der Waals surface area contributed by atoms with Crippen LogP contribution in [0, 0.1) is 6.92 Å². The molecule has 5 heteroatoms. The lowest BCUT2D eigenvalue weighted by molar-refractivity contribution is 0.377. The molecule has 2 atom stereocenters. The number of ether oxygens (including phenoxy) is 2. The van der Waals surface area contributed by atoms with Gasteiger partial charge in [-0.15, -0.1) is 0 Å². The van der Waals surface area contributed by atoms with Crippen molar-refractivity contribution in [3.63, 3.8) is 0 Å². The smallest absolute Gasteiger partial charge is 0.130 e. The van der Waals surface area contributed by atoms with E-state index < -0.39 is 0 Å². The molecule has 1 heterocycles. The number of hydrogen-bond acceptors (Lipinski definition) is 5. The molecule has 3 N–H and O–H groups in total. The minimum Gasteiger partial charge on any atom is -0.507 e. The van der Waals surface area contributed by atoms with Crippen molar-refractivity contribution < 1.29 is 19.7 Å². The Balaban J connectivity index is 2.15. The summed E-state index contributed by atoms with van der Waals surface area (Å²) in [6.07, 6.45) is 0.769. The zero-order valence-electron chi connectivity index (χ0n) is 17.5. The van der Waals surface area contributed by atoms with E-state index in [2.05, 4.69) is 19.2 Å². The average Bonchev–Trinajstić information content (AvgIpc) is 2.67. The van der Waals surface area contributed by atoms with Gasteiger partial charge in [-0.3, -0.25) is 0 Å². The summed E-state index contributed by atoms with van der Waals surface area (Å²) in [5, 5.41) is 26.7. The molecule has 0 bridgehead atoms. The van der Waals surface area contributed by atoms with E-state index in [-0.39, 0.29) is 23.6 Å². The van der Waals surface area contributed by atoms with Crippen LogP contribution in [0.3, 0.4) is 0 Å². The van der Waals surface area contributed by atoms with Crippen molar-refractivity contribution in [3.8, 4) is 34.1 Å². The first-order valence-corrected chi connectivity index (χ1v) is 9.85. The second-order valence-corrected chi connectivity index (χ2v) is 7.83. The summed E-state index contributed by atoms with van der Waals surface area (Å²) >= 11 is 0. The molecule has 1 aliphatic rings. The van der Waals surface area contributed by atoms with Crippen LogP contribution >= 0.6 is 0 Å². The van der Waals surface area contributed by atoms with E-state index in [9.17, 15) is 10.2 Å². The summed E-state index contributed by atoms with van der Waals surface area (Å²) in [5.74, 6) is 1.64. The summed E-state index contributed by atoms with van der Waals surface area (Å²) in [7, 11) is 3.23. The van der Waals surface area contributed by atoms with Gasteiger partial charge in [-0.1, -0.05) is 12.1 Å². The fraction of sp³-hybridized carbons (Fsp3) is 0.333. The minimum atomic E-state index is 0.0984. The number of phenols is 2. The van der Waals surface area contributed by atoms with E-state index in [1.165, 1.54) is 0 Å². The molecule has 4 rings (SSSR count). The SMILES string of the molecule is COc1cc(O)c(-c2c(C)cc(OC)c3c(O)cccc23)c2c1[C@H](C)N[C@@H](C)C2. The van der Waals surface area contributed by atoms with Crippen molar-refractivity contribution in [1.29, 1.82) is 0 Å². The molecule has 3 aromatic carbocycles. The molecule has 0 saturated heterocycles. The van der Waals surface area contributed by atoms with Gasteiger partial charge in [0.05, 0.1) is 19.6 Å². The summed E-state index contributed by atoms with van der Waals surface area (Å²) in [6, 6.07) is 9.41. The molecule has 29 heavy (non-hydrogen) atoms. The Morgan fingerprint density at radius 3 is 2.38 bits per heavy atom. The van der Waals surface area contributed by atoms with Gasteiger partial charge in [-0.25, -0.2) is 0 Å². The second-order valence-electron chi connectivity index (χ2n) is 7.83. The first-order valence-electron chi connectivity index (χ1n) is 9.85. The fourth-order valence-corrected chi connectivity index (χ4v) is 4.78. The van der Waals surface area contributed by atoms with Gasteiger partial charge in [0.25, 0.3) is 0 Å². The molecule has 0 unspecified atom stereocenters. The number of benzene rings is 3. The quantitative estimate of drug-likeness (QED) is 0.594. The van der Waals surface area contributed by atoms with Gasteiger partial charge in [-0.2, -0.15) is 0 Å². The molecule has 0 saturated carbocycles. The van der Waals surface area contributed by atoms with Crippen LogP contribution in [-0.4, -0.2) is 30.5 Å². The third-order valence-corrected chi connectivity index (χ3v) is 5.88. The molecule has 5 nitrogen and oxygen atoms in total. The topological polar surface area (TPSA) is 71.0 Å². The van der Waals surface area contributed by atoms with Crippen molar-refractivity contribution in [2.24, 2.45) is 0 Å². The van der Waals surface area contributed by atoms with Gasteiger partial charge in [0.15, 0.2) is 0 Å². The van der Waals surface area contributed by atoms with Crippen LogP contribution in [0.2, 0.25) is 0 Å². The summed E-state index contributed by atoms with van der Waals surface area (Å²) in [6.45, 7) is 6.26. The predicted octanol–water partition coefficient (Wildman–Crippen LogP) is 4.84. The summed E-state index contributed by atoms with van der Waals surface area (Å²) in [4.78, 5) is 0. The van der Waals surface area contributed by atoms with Crippen LogP contribution in [0.25, 0.3) is 21.9 Å². The van der Waals surface area contributed by atoms with E-state index in [1.807, 2.05) is 25.1 Å².